The summed E-state index contributed by atoms with van der Waals surface area (Å²) in [4.78, 5) is 22.8. The second kappa shape index (κ2) is 5.25. The van der Waals surface area contributed by atoms with Crippen molar-refractivity contribution in [3.63, 3.8) is 0 Å². The number of ketones is 1. The van der Waals surface area contributed by atoms with Crippen LogP contribution in [-0.2, 0) is 4.79 Å². The number of benzene rings is 1. The lowest BCUT2D eigenvalue weighted by molar-refractivity contribution is -0.120. The molecule has 1 aromatic carbocycles. The van der Waals surface area contributed by atoms with Crippen molar-refractivity contribution in [3.8, 4) is 0 Å². The number of rotatable bonds is 2. The van der Waals surface area contributed by atoms with E-state index in [1.165, 1.54) is 0 Å². The molecule has 1 aliphatic carbocycles. The molecule has 1 N–H and O–H groups in total. The van der Waals surface area contributed by atoms with Crippen molar-refractivity contribution < 1.29 is 18.4 Å². The minimum Gasteiger partial charge on any atom is -0.349 e. The van der Waals surface area contributed by atoms with E-state index in [9.17, 15) is 18.4 Å². The van der Waals surface area contributed by atoms with Crippen LogP contribution in [0.3, 0.4) is 0 Å². The predicted molar refractivity (Wildman–Crippen MR) is 61.1 cm³/mol. The van der Waals surface area contributed by atoms with Gasteiger partial charge >= 0.3 is 0 Å². The van der Waals surface area contributed by atoms with Crippen LogP contribution in [0.5, 0.6) is 0 Å². The maximum atomic E-state index is 13.4. The van der Waals surface area contributed by atoms with E-state index in [4.69, 9.17) is 0 Å². The van der Waals surface area contributed by atoms with E-state index in [0.29, 0.717) is 31.7 Å². The summed E-state index contributed by atoms with van der Waals surface area (Å²) in [5, 5.41) is 2.66. The van der Waals surface area contributed by atoms with E-state index < -0.39 is 17.5 Å². The number of hydrogen-bond donors (Lipinski definition) is 1. The standard InChI is InChI=1S/C13H13F2NO2/c14-8-1-6-11(12(15)7-8)13(18)16-9-2-4-10(17)5-3-9/h1,6-7,9H,2-5H2,(H,16,18). The Hall–Kier alpha value is -1.78. The molecule has 0 bridgehead atoms. The first kappa shape index (κ1) is 12.7. The van der Waals surface area contributed by atoms with Gasteiger partial charge in [-0.1, -0.05) is 0 Å². The summed E-state index contributed by atoms with van der Waals surface area (Å²) in [5.74, 6) is -1.97. The largest absolute Gasteiger partial charge is 0.349 e. The van der Waals surface area contributed by atoms with Crippen LogP contribution < -0.4 is 5.32 Å². The van der Waals surface area contributed by atoms with E-state index in [-0.39, 0.29) is 17.4 Å². The van der Waals surface area contributed by atoms with Gasteiger partial charge in [0, 0.05) is 24.9 Å². The van der Waals surface area contributed by atoms with Gasteiger partial charge in [-0.15, -0.1) is 0 Å². The normalized spacial score (nSPS) is 16.7. The van der Waals surface area contributed by atoms with Crippen LogP contribution in [0, 0.1) is 11.6 Å². The summed E-state index contributed by atoms with van der Waals surface area (Å²) in [5.41, 5.74) is -0.173. The van der Waals surface area contributed by atoms with E-state index in [1.807, 2.05) is 0 Å². The highest BCUT2D eigenvalue weighted by atomic mass is 19.1. The molecule has 5 heteroatoms. The van der Waals surface area contributed by atoms with Crippen molar-refractivity contribution >= 4 is 11.7 Å². The molecule has 0 saturated heterocycles. The fourth-order valence-electron chi connectivity index (χ4n) is 2.02. The fraction of sp³-hybridized carbons (Fsp3) is 0.385. The van der Waals surface area contributed by atoms with Gasteiger partial charge in [0.15, 0.2) is 0 Å². The average Bonchev–Trinajstić information content (AvgIpc) is 2.32. The second-order valence-corrected chi connectivity index (χ2v) is 4.41. The summed E-state index contributed by atoms with van der Waals surface area (Å²) >= 11 is 0. The maximum absolute atomic E-state index is 13.4. The minimum absolute atomic E-state index is 0.111. The topological polar surface area (TPSA) is 46.2 Å². The maximum Gasteiger partial charge on any atom is 0.254 e. The number of carbonyl (C=O) groups excluding carboxylic acids is 2. The average molecular weight is 253 g/mol. The molecule has 0 aromatic heterocycles. The molecular formula is C13H13F2NO2. The molecule has 0 radical (unpaired) electrons. The zero-order valence-electron chi connectivity index (χ0n) is 9.71. The molecule has 1 aliphatic rings. The third-order valence-corrected chi connectivity index (χ3v) is 3.05. The molecule has 1 amide bonds. The van der Waals surface area contributed by atoms with Crippen LogP contribution in [-0.4, -0.2) is 17.7 Å². The molecule has 3 nitrogen and oxygen atoms in total. The Kier molecular flexibility index (Phi) is 3.69. The molecule has 1 fully saturated rings. The van der Waals surface area contributed by atoms with Crippen LogP contribution in [0.4, 0.5) is 8.78 Å². The van der Waals surface area contributed by atoms with E-state index in [1.54, 1.807) is 0 Å². The van der Waals surface area contributed by atoms with Crippen molar-refractivity contribution in [3.05, 3.63) is 35.4 Å². The monoisotopic (exact) mass is 253 g/mol. The molecule has 96 valence electrons. The zero-order chi connectivity index (χ0) is 13.1. The van der Waals surface area contributed by atoms with E-state index in [0.717, 1.165) is 12.1 Å². The van der Waals surface area contributed by atoms with E-state index in [2.05, 4.69) is 5.32 Å². The molecule has 1 aromatic rings. The Bertz CT molecular complexity index is 478. The van der Waals surface area contributed by atoms with E-state index >= 15 is 0 Å². The van der Waals surface area contributed by atoms with Crippen molar-refractivity contribution in [2.24, 2.45) is 0 Å². The number of carbonyl (C=O) groups is 2. The van der Waals surface area contributed by atoms with Crippen molar-refractivity contribution in [1.82, 2.24) is 5.32 Å². The summed E-state index contributed by atoms with van der Waals surface area (Å²) in [6, 6.07) is 2.73. The number of Topliss-reactive ketones (excluding diaryl/α,β-unsaturated/α-hetero) is 1. The van der Waals surface area contributed by atoms with Gasteiger partial charge in [-0.25, -0.2) is 8.78 Å². The van der Waals surface area contributed by atoms with Gasteiger partial charge in [-0.05, 0) is 25.0 Å². The first-order chi connectivity index (χ1) is 8.56. The van der Waals surface area contributed by atoms with Crippen LogP contribution >= 0.6 is 0 Å². The Morgan fingerprint density at radius 3 is 2.50 bits per heavy atom. The molecule has 0 heterocycles. The zero-order valence-corrected chi connectivity index (χ0v) is 9.71. The summed E-state index contributed by atoms with van der Waals surface area (Å²) < 4.78 is 26.1. The minimum atomic E-state index is -0.876. The van der Waals surface area contributed by atoms with Gasteiger partial charge in [0.25, 0.3) is 5.91 Å². The van der Waals surface area contributed by atoms with Crippen molar-refractivity contribution in [2.45, 2.75) is 31.7 Å². The van der Waals surface area contributed by atoms with Gasteiger partial charge in [0.2, 0.25) is 0 Å². The quantitative estimate of drug-likeness (QED) is 0.878. The van der Waals surface area contributed by atoms with Crippen LogP contribution in [0.25, 0.3) is 0 Å². The Balaban J connectivity index is 2.01. The van der Waals surface area contributed by atoms with Gasteiger partial charge in [-0.2, -0.15) is 0 Å². The summed E-state index contributed by atoms with van der Waals surface area (Å²) in [6.07, 6.45) is 2.04. The molecule has 2 rings (SSSR count). The predicted octanol–water partition coefficient (Wildman–Crippen LogP) is 2.21. The van der Waals surface area contributed by atoms with Crippen LogP contribution in [0.1, 0.15) is 36.0 Å². The lowest BCUT2D eigenvalue weighted by Gasteiger charge is -2.22. The molecule has 0 atom stereocenters. The fourth-order valence-corrected chi connectivity index (χ4v) is 2.02. The highest BCUT2D eigenvalue weighted by Crippen LogP contribution is 2.16. The van der Waals surface area contributed by atoms with Gasteiger partial charge in [0.1, 0.15) is 17.4 Å². The number of nitrogens with one attached hydrogen (secondary N) is 1. The molecular weight excluding hydrogens is 240 g/mol. The first-order valence-corrected chi connectivity index (χ1v) is 5.84. The molecule has 18 heavy (non-hydrogen) atoms. The Morgan fingerprint density at radius 1 is 1.22 bits per heavy atom. The van der Waals surface area contributed by atoms with Gasteiger partial charge < -0.3 is 5.32 Å². The van der Waals surface area contributed by atoms with Crippen molar-refractivity contribution in [1.29, 1.82) is 0 Å². The lowest BCUT2D eigenvalue weighted by atomic mass is 9.94. The molecule has 1 saturated carbocycles. The van der Waals surface area contributed by atoms with Crippen LogP contribution in [0.2, 0.25) is 0 Å². The second-order valence-electron chi connectivity index (χ2n) is 4.41. The molecule has 0 aliphatic heterocycles. The summed E-state index contributed by atoms with van der Waals surface area (Å²) in [6.45, 7) is 0. The SMILES string of the molecule is O=C1CCC(NC(=O)c2ccc(F)cc2F)CC1. The number of amides is 1. The van der Waals surface area contributed by atoms with Gasteiger partial charge in [-0.3, -0.25) is 9.59 Å². The highest BCUT2D eigenvalue weighted by molar-refractivity contribution is 5.94. The molecule has 0 unspecified atom stereocenters. The Morgan fingerprint density at radius 2 is 1.89 bits per heavy atom. The third-order valence-electron chi connectivity index (χ3n) is 3.05. The lowest BCUT2D eigenvalue weighted by Crippen LogP contribution is -2.38. The smallest absolute Gasteiger partial charge is 0.254 e. The van der Waals surface area contributed by atoms with Gasteiger partial charge in [0.05, 0.1) is 5.56 Å². The summed E-state index contributed by atoms with van der Waals surface area (Å²) in [7, 11) is 0. The number of hydrogen-bond acceptors (Lipinski definition) is 2. The number of halogens is 2. The Labute approximate surface area is 103 Å². The third kappa shape index (κ3) is 2.91. The van der Waals surface area contributed by atoms with Crippen molar-refractivity contribution in [2.75, 3.05) is 0 Å². The highest BCUT2D eigenvalue weighted by Gasteiger charge is 2.22. The van der Waals surface area contributed by atoms with Crippen LogP contribution in [0.15, 0.2) is 18.2 Å². The first-order valence-electron chi connectivity index (χ1n) is 5.84. The molecule has 0 spiro atoms.